The number of aromatic nitrogens is 1. The van der Waals surface area contributed by atoms with Crippen LogP contribution < -0.4 is 5.32 Å². The minimum Gasteiger partial charge on any atom is -0.441 e. The van der Waals surface area contributed by atoms with Gasteiger partial charge in [-0.1, -0.05) is 53.7 Å². The number of oxazole rings is 1. The van der Waals surface area contributed by atoms with Crippen LogP contribution in [0.3, 0.4) is 0 Å². The second-order valence-corrected chi connectivity index (χ2v) is 8.14. The summed E-state index contributed by atoms with van der Waals surface area (Å²) in [5.74, 6) is 1.11. The van der Waals surface area contributed by atoms with Crippen LogP contribution in [0.5, 0.6) is 0 Å². The number of carbonyl (C=O) groups excluding carboxylic acids is 1. The van der Waals surface area contributed by atoms with Gasteiger partial charge in [0.1, 0.15) is 0 Å². The molecule has 1 amide bonds. The van der Waals surface area contributed by atoms with Crippen molar-refractivity contribution in [3.63, 3.8) is 0 Å². The molecule has 1 aromatic heterocycles. The third-order valence-electron chi connectivity index (χ3n) is 4.38. The molecule has 6 heteroatoms. The van der Waals surface area contributed by atoms with Gasteiger partial charge in [-0.2, -0.15) is 0 Å². The van der Waals surface area contributed by atoms with Crippen molar-refractivity contribution in [3.8, 4) is 11.3 Å². The van der Waals surface area contributed by atoms with E-state index in [0.29, 0.717) is 23.1 Å². The van der Waals surface area contributed by atoms with Gasteiger partial charge in [-0.3, -0.25) is 4.79 Å². The van der Waals surface area contributed by atoms with Gasteiger partial charge in [-0.25, -0.2) is 4.98 Å². The van der Waals surface area contributed by atoms with E-state index >= 15 is 0 Å². The van der Waals surface area contributed by atoms with Gasteiger partial charge in [-0.05, 0) is 48.5 Å². The van der Waals surface area contributed by atoms with Crippen molar-refractivity contribution in [1.29, 1.82) is 0 Å². The number of halogens is 1. The standard InChI is InChI=1S/C24H19ClN2O2S/c25-18-12-10-17(11-13-18)21-16-26-24(29-21)15-14-23(28)27-20-8-4-5-9-22(20)30-19-6-2-1-3-7-19/h1-13,16H,14-15H2,(H,27,28). The number of aryl methyl sites for hydroxylation is 1. The van der Waals surface area contributed by atoms with Gasteiger partial charge >= 0.3 is 0 Å². The maximum absolute atomic E-state index is 12.5. The van der Waals surface area contributed by atoms with Crippen molar-refractivity contribution in [1.82, 2.24) is 4.98 Å². The van der Waals surface area contributed by atoms with E-state index in [1.54, 1.807) is 30.1 Å². The molecule has 0 radical (unpaired) electrons. The van der Waals surface area contributed by atoms with Crippen LogP contribution in [0.2, 0.25) is 5.02 Å². The van der Waals surface area contributed by atoms with Crippen LogP contribution in [0.25, 0.3) is 11.3 Å². The number of nitrogens with one attached hydrogen (secondary N) is 1. The first-order valence-corrected chi connectivity index (χ1v) is 10.7. The Labute approximate surface area is 184 Å². The van der Waals surface area contributed by atoms with E-state index in [4.69, 9.17) is 16.0 Å². The normalized spacial score (nSPS) is 10.7. The highest BCUT2D eigenvalue weighted by Gasteiger charge is 2.11. The van der Waals surface area contributed by atoms with E-state index in [2.05, 4.69) is 10.3 Å². The third kappa shape index (κ3) is 5.32. The van der Waals surface area contributed by atoms with Gasteiger partial charge in [0.15, 0.2) is 11.7 Å². The van der Waals surface area contributed by atoms with Crippen molar-refractivity contribution < 1.29 is 9.21 Å². The second-order valence-electron chi connectivity index (χ2n) is 6.58. The quantitative estimate of drug-likeness (QED) is 0.351. The van der Waals surface area contributed by atoms with Crippen molar-refractivity contribution in [3.05, 3.63) is 96.0 Å². The average Bonchev–Trinajstić information content (AvgIpc) is 3.24. The highest BCUT2D eigenvalue weighted by Crippen LogP contribution is 2.33. The molecule has 0 fully saturated rings. The van der Waals surface area contributed by atoms with Crippen LogP contribution in [0.4, 0.5) is 5.69 Å². The van der Waals surface area contributed by atoms with Crippen molar-refractivity contribution in [2.45, 2.75) is 22.6 Å². The lowest BCUT2D eigenvalue weighted by atomic mass is 10.2. The number of para-hydroxylation sites is 1. The molecule has 0 unspecified atom stereocenters. The fourth-order valence-corrected chi connectivity index (χ4v) is 3.93. The molecule has 0 atom stereocenters. The molecule has 1 N–H and O–H groups in total. The number of carbonyl (C=O) groups is 1. The topological polar surface area (TPSA) is 55.1 Å². The summed E-state index contributed by atoms with van der Waals surface area (Å²) in [4.78, 5) is 18.9. The summed E-state index contributed by atoms with van der Waals surface area (Å²) >= 11 is 7.54. The summed E-state index contributed by atoms with van der Waals surface area (Å²) in [7, 11) is 0. The molecule has 1 heterocycles. The molecular formula is C24H19ClN2O2S. The molecule has 150 valence electrons. The lowest BCUT2D eigenvalue weighted by molar-refractivity contribution is -0.116. The zero-order valence-electron chi connectivity index (χ0n) is 16.0. The SMILES string of the molecule is O=C(CCc1ncc(-c2ccc(Cl)cc2)o1)Nc1ccccc1Sc1ccccc1. The fraction of sp³-hybridized carbons (Fsp3) is 0.0833. The van der Waals surface area contributed by atoms with Gasteiger partial charge in [0.25, 0.3) is 0 Å². The van der Waals surface area contributed by atoms with Crippen LogP contribution >= 0.6 is 23.4 Å². The summed E-state index contributed by atoms with van der Waals surface area (Å²) in [5, 5.41) is 3.67. The Morgan fingerprint density at radius 1 is 0.967 bits per heavy atom. The number of amides is 1. The Bertz CT molecular complexity index is 1130. The molecule has 0 aliphatic rings. The van der Waals surface area contributed by atoms with E-state index < -0.39 is 0 Å². The number of anilines is 1. The Morgan fingerprint density at radius 3 is 2.50 bits per heavy atom. The lowest BCUT2D eigenvalue weighted by Crippen LogP contribution is -2.13. The molecule has 30 heavy (non-hydrogen) atoms. The summed E-state index contributed by atoms with van der Waals surface area (Å²) in [6.45, 7) is 0. The predicted octanol–water partition coefficient (Wildman–Crippen LogP) is 6.72. The largest absolute Gasteiger partial charge is 0.441 e. The third-order valence-corrected chi connectivity index (χ3v) is 5.72. The number of hydrogen-bond acceptors (Lipinski definition) is 4. The van der Waals surface area contributed by atoms with Gasteiger partial charge in [0, 0.05) is 33.2 Å². The van der Waals surface area contributed by atoms with Crippen LogP contribution in [-0.4, -0.2) is 10.9 Å². The Kier molecular flexibility index (Phi) is 6.52. The molecular weight excluding hydrogens is 416 g/mol. The minimum absolute atomic E-state index is 0.0812. The zero-order chi connectivity index (χ0) is 20.8. The number of rotatable bonds is 7. The molecule has 0 saturated carbocycles. The molecule has 0 spiro atoms. The molecule has 0 bridgehead atoms. The number of hydrogen-bond donors (Lipinski definition) is 1. The molecule has 0 saturated heterocycles. The Hall–Kier alpha value is -3.02. The predicted molar refractivity (Wildman–Crippen MR) is 121 cm³/mol. The van der Waals surface area contributed by atoms with E-state index in [1.165, 1.54) is 0 Å². The summed E-state index contributed by atoms with van der Waals surface area (Å²) in [6, 6.07) is 25.2. The second kappa shape index (κ2) is 9.65. The molecule has 4 aromatic rings. The molecule has 3 aromatic carbocycles. The Balaban J connectivity index is 1.36. The first kappa shape index (κ1) is 20.3. The maximum Gasteiger partial charge on any atom is 0.224 e. The van der Waals surface area contributed by atoms with Crippen LogP contribution in [0.1, 0.15) is 12.3 Å². The maximum atomic E-state index is 12.5. The molecule has 4 nitrogen and oxygen atoms in total. The van der Waals surface area contributed by atoms with Gasteiger partial charge in [0.05, 0.1) is 11.9 Å². The molecule has 4 rings (SSSR count). The first-order chi connectivity index (χ1) is 14.7. The average molecular weight is 435 g/mol. The summed E-state index contributed by atoms with van der Waals surface area (Å²) in [6.07, 6.45) is 2.38. The smallest absolute Gasteiger partial charge is 0.224 e. The van der Waals surface area contributed by atoms with Gasteiger partial charge in [-0.15, -0.1) is 0 Å². The van der Waals surface area contributed by atoms with Crippen molar-refractivity contribution >= 4 is 35.0 Å². The highest BCUT2D eigenvalue weighted by atomic mass is 35.5. The van der Waals surface area contributed by atoms with Gasteiger partial charge < -0.3 is 9.73 Å². The zero-order valence-corrected chi connectivity index (χ0v) is 17.6. The molecule has 0 aliphatic heterocycles. The number of nitrogens with zero attached hydrogens (tertiary/aromatic N) is 1. The fourth-order valence-electron chi connectivity index (χ4n) is 2.88. The van der Waals surface area contributed by atoms with E-state index in [0.717, 1.165) is 21.0 Å². The van der Waals surface area contributed by atoms with E-state index in [-0.39, 0.29) is 12.3 Å². The van der Waals surface area contributed by atoms with E-state index in [9.17, 15) is 4.79 Å². The van der Waals surface area contributed by atoms with Crippen molar-refractivity contribution in [2.75, 3.05) is 5.32 Å². The summed E-state index contributed by atoms with van der Waals surface area (Å²) < 4.78 is 5.77. The molecule has 0 aliphatic carbocycles. The van der Waals surface area contributed by atoms with E-state index in [1.807, 2.05) is 66.7 Å². The lowest BCUT2D eigenvalue weighted by Gasteiger charge is -2.10. The van der Waals surface area contributed by atoms with Crippen LogP contribution in [0.15, 0.2) is 99.3 Å². The van der Waals surface area contributed by atoms with Crippen LogP contribution in [-0.2, 0) is 11.2 Å². The van der Waals surface area contributed by atoms with Gasteiger partial charge in [0.2, 0.25) is 5.91 Å². The Morgan fingerprint density at radius 2 is 1.70 bits per heavy atom. The summed E-state index contributed by atoms with van der Waals surface area (Å²) in [5.41, 5.74) is 1.69. The minimum atomic E-state index is -0.0812. The van der Waals surface area contributed by atoms with Crippen LogP contribution in [0, 0.1) is 0 Å². The number of benzene rings is 3. The van der Waals surface area contributed by atoms with Crippen molar-refractivity contribution in [2.24, 2.45) is 0 Å². The highest BCUT2D eigenvalue weighted by molar-refractivity contribution is 7.99. The first-order valence-electron chi connectivity index (χ1n) is 9.50. The monoisotopic (exact) mass is 434 g/mol.